The van der Waals surface area contributed by atoms with Gasteiger partial charge in [0.2, 0.25) is 5.91 Å². The van der Waals surface area contributed by atoms with Crippen LogP contribution in [0.25, 0.3) is 5.82 Å². The van der Waals surface area contributed by atoms with Gasteiger partial charge in [-0.1, -0.05) is 12.2 Å². The normalized spacial score (nSPS) is 21.1. The van der Waals surface area contributed by atoms with Gasteiger partial charge in [-0.2, -0.15) is 13.2 Å². The van der Waals surface area contributed by atoms with Crippen molar-refractivity contribution in [3.05, 3.63) is 60.2 Å². The summed E-state index contributed by atoms with van der Waals surface area (Å²) in [5.41, 5.74) is 0.962. The van der Waals surface area contributed by atoms with Crippen LogP contribution in [0.2, 0.25) is 0 Å². The smallest absolute Gasteiger partial charge is 0.378 e. The average molecular weight is 466 g/mol. The summed E-state index contributed by atoms with van der Waals surface area (Å²) in [6.07, 6.45) is 3.30. The van der Waals surface area contributed by atoms with Crippen molar-refractivity contribution < 1.29 is 27.1 Å². The number of pyridine rings is 1. The van der Waals surface area contributed by atoms with Gasteiger partial charge in [0.05, 0.1) is 43.3 Å². The highest BCUT2D eigenvalue weighted by Gasteiger charge is 2.42. The van der Waals surface area contributed by atoms with E-state index in [1.54, 1.807) is 6.20 Å². The number of likely N-dealkylation sites (N-methyl/N-ethyl adjacent to an activating group) is 1. The number of morpholine rings is 1. The van der Waals surface area contributed by atoms with Gasteiger partial charge in [-0.3, -0.25) is 9.36 Å². The van der Waals surface area contributed by atoms with Gasteiger partial charge in [0.1, 0.15) is 12.4 Å². The van der Waals surface area contributed by atoms with Crippen LogP contribution in [-0.4, -0.2) is 64.4 Å². The average Bonchev–Trinajstić information content (AvgIpc) is 3.25. The van der Waals surface area contributed by atoms with Gasteiger partial charge in [0, 0.05) is 31.6 Å². The Balaban J connectivity index is 1.40. The first-order valence-corrected chi connectivity index (χ1v) is 10.2. The fraction of sp³-hybridized carbons (Fsp3) is 0.381. The van der Waals surface area contributed by atoms with Crippen molar-refractivity contribution in [2.75, 3.05) is 32.1 Å². The van der Waals surface area contributed by atoms with Crippen molar-refractivity contribution >= 4 is 11.6 Å². The predicted molar refractivity (Wildman–Crippen MR) is 111 cm³/mol. The Morgan fingerprint density at radius 1 is 1.36 bits per heavy atom. The van der Waals surface area contributed by atoms with Crippen LogP contribution in [0.15, 0.2) is 48.7 Å². The molecule has 2 N–H and O–H groups in total. The zero-order valence-electron chi connectivity index (χ0n) is 17.6. The maximum absolute atomic E-state index is 14.7. The number of ether oxygens (including phenoxy) is 1. The fourth-order valence-corrected chi connectivity index (χ4v) is 3.66. The minimum absolute atomic E-state index is 0.00337. The van der Waals surface area contributed by atoms with Crippen LogP contribution < -0.4 is 10.6 Å². The topological polar surface area (TPSA) is 84.3 Å². The molecule has 2 aliphatic rings. The molecule has 1 saturated heterocycles. The van der Waals surface area contributed by atoms with Gasteiger partial charge in [-0.25, -0.2) is 14.4 Å². The lowest BCUT2D eigenvalue weighted by atomic mass is 10.1. The molecule has 0 aliphatic carbocycles. The van der Waals surface area contributed by atoms with E-state index >= 15 is 0 Å². The number of aromatic nitrogens is 3. The molecule has 2 atom stereocenters. The zero-order valence-corrected chi connectivity index (χ0v) is 17.6. The number of hydrogen-bond acceptors (Lipinski definition) is 6. The van der Waals surface area contributed by atoms with Crippen molar-refractivity contribution in [1.29, 1.82) is 0 Å². The molecule has 1 fully saturated rings. The van der Waals surface area contributed by atoms with Crippen LogP contribution in [-0.2, 0) is 9.53 Å². The molecule has 0 spiro atoms. The maximum Gasteiger partial charge on any atom is 0.412 e. The number of amides is 1. The summed E-state index contributed by atoms with van der Waals surface area (Å²) >= 11 is 0. The highest BCUT2D eigenvalue weighted by molar-refractivity contribution is 5.92. The van der Waals surface area contributed by atoms with E-state index in [4.69, 9.17) is 4.74 Å². The quantitative estimate of drug-likeness (QED) is 0.660. The number of allylic oxidation sites excluding steroid dienone is 2. The standard InChI is InChI=1S/C21H22F4N6O2/c1-30-14(3-2-4-18(30)21(23,24)25)8-19(32)29-13-7-15(22)20(27-9-13)31-10-16(28-12-31)17-11-33-6-5-26-17/h2-4,7,9-10,12,17-18,26H,5-6,8,11H2,1H3,(H,29,32). The van der Waals surface area contributed by atoms with E-state index in [1.807, 2.05) is 0 Å². The lowest BCUT2D eigenvalue weighted by Crippen LogP contribution is -2.43. The van der Waals surface area contributed by atoms with Crippen LogP contribution in [0.1, 0.15) is 18.2 Å². The number of alkyl halides is 3. The van der Waals surface area contributed by atoms with Gasteiger partial charge < -0.3 is 20.3 Å². The number of halogens is 4. The second kappa shape index (κ2) is 9.32. The third-order valence-electron chi connectivity index (χ3n) is 5.36. The van der Waals surface area contributed by atoms with Crippen molar-refractivity contribution in [1.82, 2.24) is 24.8 Å². The Hall–Kier alpha value is -3.25. The number of carbonyl (C=O) groups excluding carboxylic acids is 1. The third kappa shape index (κ3) is 5.22. The zero-order chi connectivity index (χ0) is 23.6. The van der Waals surface area contributed by atoms with E-state index < -0.39 is 23.9 Å². The maximum atomic E-state index is 14.7. The molecule has 2 unspecified atom stereocenters. The number of imidazole rings is 1. The van der Waals surface area contributed by atoms with Crippen LogP contribution in [0.4, 0.5) is 23.2 Å². The molecule has 2 aromatic rings. The summed E-state index contributed by atoms with van der Waals surface area (Å²) in [6.45, 7) is 1.77. The molecule has 2 aliphatic heterocycles. The molecule has 8 nitrogen and oxygen atoms in total. The Morgan fingerprint density at radius 3 is 2.88 bits per heavy atom. The summed E-state index contributed by atoms with van der Waals surface area (Å²) in [7, 11) is 1.27. The number of nitrogens with one attached hydrogen (secondary N) is 2. The summed E-state index contributed by atoms with van der Waals surface area (Å²) in [6, 6.07) is -0.806. The third-order valence-corrected chi connectivity index (χ3v) is 5.36. The molecular formula is C21H22F4N6O2. The molecule has 33 heavy (non-hydrogen) atoms. The van der Waals surface area contributed by atoms with E-state index in [-0.39, 0.29) is 29.7 Å². The Bertz CT molecular complexity index is 1070. The molecule has 0 bridgehead atoms. The van der Waals surface area contributed by atoms with E-state index in [2.05, 4.69) is 20.6 Å². The number of carbonyl (C=O) groups is 1. The SMILES string of the molecule is CN1C(CC(=O)Nc2cnc(-n3cnc(C4COCCN4)c3)c(F)c2)=CC=CC1C(F)(F)F. The highest BCUT2D eigenvalue weighted by Crippen LogP contribution is 2.30. The van der Waals surface area contributed by atoms with Crippen LogP contribution in [0.5, 0.6) is 0 Å². The van der Waals surface area contributed by atoms with Crippen LogP contribution >= 0.6 is 0 Å². The summed E-state index contributed by atoms with van der Waals surface area (Å²) in [5, 5.41) is 5.73. The lowest BCUT2D eigenvalue weighted by molar-refractivity contribution is -0.163. The molecule has 4 rings (SSSR count). The van der Waals surface area contributed by atoms with E-state index in [0.29, 0.717) is 25.5 Å². The van der Waals surface area contributed by atoms with E-state index in [1.165, 1.54) is 36.3 Å². The van der Waals surface area contributed by atoms with Gasteiger partial charge >= 0.3 is 6.18 Å². The molecule has 0 aromatic carbocycles. The van der Waals surface area contributed by atoms with Crippen molar-refractivity contribution in [3.8, 4) is 5.82 Å². The van der Waals surface area contributed by atoms with E-state index in [9.17, 15) is 22.4 Å². The lowest BCUT2D eigenvalue weighted by Gasteiger charge is -2.33. The van der Waals surface area contributed by atoms with Crippen molar-refractivity contribution in [3.63, 3.8) is 0 Å². The van der Waals surface area contributed by atoms with E-state index in [0.717, 1.165) is 17.0 Å². The Labute approximate surface area is 186 Å². The van der Waals surface area contributed by atoms with Crippen molar-refractivity contribution in [2.24, 2.45) is 0 Å². The largest absolute Gasteiger partial charge is 0.412 e. The number of hydrogen-bond donors (Lipinski definition) is 2. The molecule has 0 radical (unpaired) electrons. The minimum Gasteiger partial charge on any atom is -0.378 e. The molecule has 0 saturated carbocycles. The Morgan fingerprint density at radius 2 is 2.18 bits per heavy atom. The predicted octanol–water partition coefficient (Wildman–Crippen LogP) is 2.71. The van der Waals surface area contributed by atoms with Crippen molar-refractivity contribution in [2.45, 2.75) is 24.7 Å². The summed E-state index contributed by atoms with van der Waals surface area (Å²) in [4.78, 5) is 21.7. The highest BCUT2D eigenvalue weighted by atomic mass is 19.4. The molecule has 4 heterocycles. The minimum atomic E-state index is -4.46. The summed E-state index contributed by atoms with van der Waals surface area (Å²) < 4.78 is 60.8. The number of rotatable bonds is 5. The molecule has 12 heteroatoms. The van der Waals surface area contributed by atoms with Gasteiger partial charge in [-0.05, 0) is 6.08 Å². The Kier molecular flexibility index (Phi) is 6.47. The monoisotopic (exact) mass is 466 g/mol. The van der Waals surface area contributed by atoms with Gasteiger partial charge in [-0.15, -0.1) is 0 Å². The van der Waals surface area contributed by atoms with Gasteiger partial charge in [0.25, 0.3) is 0 Å². The van der Waals surface area contributed by atoms with Gasteiger partial charge in [0.15, 0.2) is 11.6 Å². The molecular weight excluding hydrogens is 444 g/mol. The second-order valence-corrected chi connectivity index (χ2v) is 7.68. The molecule has 1 amide bonds. The first-order valence-electron chi connectivity index (χ1n) is 10.2. The fourth-order valence-electron chi connectivity index (χ4n) is 3.66. The van der Waals surface area contributed by atoms with Crippen LogP contribution in [0, 0.1) is 5.82 Å². The van der Waals surface area contributed by atoms with Crippen LogP contribution in [0.3, 0.4) is 0 Å². The molecule has 2 aromatic heterocycles. The first-order chi connectivity index (χ1) is 15.7. The number of anilines is 1. The first kappa shape index (κ1) is 22.9. The second-order valence-electron chi connectivity index (χ2n) is 7.68. The molecule has 176 valence electrons. The number of nitrogens with zero attached hydrogens (tertiary/aromatic N) is 4. The summed E-state index contributed by atoms with van der Waals surface area (Å²) in [5.74, 6) is -1.29.